The highest BCUT2D eigenvalue weighted by Crippen LogP contribution is 2.16. The first-order chi connectivity index (χ1) is 8.82. The summed E-state index contributed by atoms with van der Waals surface area (Å²) >= 11 is 0. The lowest BCUT2D eigenvalue weighted by Gasteiger charge is -2.16. The molecule has 0 bridgehead atoms. The molecule has 0 saturated carbocycles. The van der Waals surface area contributed by atoms with Crippen LogP contribution in [-0.4, -0.2) is 26.5 Å². The quantitative estimate of drug-likeness (QED) is 0.825. The van der Waals surface area contributed by atoms with E-state index in [2.05, 4.69) is 17.2 Å². The predicted octanol–water partition coefficient (Wildman–Crippen LogP) is 2.27. The fourth-order valence-electron chi connectivity index (χ4n) is 1.50. The van der Waals surface area contributed by atoms with Gasteiger partial charge in [0.05, 0.1) is 12.2 Å². The Labute approximate surface area is 116 Å². The van der Waals surface area contributed by atoms with Gasteiger partial charge in [-0.1, -0.05) is 44.7 Å². The van der Waals surface area contributed by atoms with E-state index in [0.29, 0.717) is 6.54 Å². The fourth-order valence-corrected chi connectivity index (χ4v) is 1.50. The topological polar surface area (TPSA) is 32.3 Å². The van der Waals surface area contributed by atoms with Gasteiger partial charge < -0.3 is 10.2 Å². The maximum Gasteiger partial charge on any atom is 0.226 e. The number of anilines is 1. The minimum atomic E-state index is -0.372. The van der Waals surface area contributed by atoms with Gasteiger partial charge in [0.15, 0.2) is 0 Å². The highest BCUT2D eigenvalue weighted by atomic mass is 16.2. The van der Waals surface area contributed by atoms with Gasteiger partial charge in [0.1, 0.15) is 0 Å². The molecule has 0 spiro atoms. The van der Waals surface area contributed by atoms with Crippen LogP contribution in [0.2, 0.25) is 0 Å². The van der Waals surface area contributed by atoms with Crippen molar-refractivity contribution in [2.24, 2.45) is 5.41 Å². The third kappa shape index (κ3) is 4.67. The first-order valence-corrected chi connectivity index (χ1v) is 6.36. The molecule has 1 rings (SSSR count). The van der Waals surface area contributed by atoms with E-state index in [1.807, 2.05) is 64.0 Å². The SMILES string of the molecule is CN(C)c1ccccc1C#CCNC(=O)C(C)(C)C. The standard InChI is InChI=1S/C16H22N2O/c1-16(2,3)15(19)17-12-8-10-13-9-6-7-11-14(13)18(4)5/h6-7,9,11H,12H2,1-5H3,(H,17,19). The molecule has 1 N–H and O–H groups in total. The number of rotatable bonds is 2. The van der Waals surface area contributed by atoms with E-state index in [1.165, 1.54) is 0 Å². The number of para-hydroxylation sites is 1. The average molecular weight is 258 g/mol. The largest absolute Gasteiger partial charge is 0.377 e. The molecule has 0 saturated heterocycles. The maximum absolute atomic E-state index is 11.7. The van der Waals surface area contributed by atoms with Crippen LogP contribution in [0.15, 0.2) is 24.3 Å². The van der Waals surface area contributed by atoms with Gasteiger partial charge in [-0.25, -0.2) is 0 Å². The predicted molar refractivity (Wildman–Crippen MR) is 80.1 cm³/mol. The minimum Gasteiger partial charge on any atom is -0.377 e. The number of hydrogen-bond donors (Lipinski definition) is 1. The molecule has 0 radical (unpaired) electrons. The molecule has 0 fully saturated rings. The van der Waals surface area contributed by atoms with E-state index in [9.17, 15) is 4.79 Å². The molecule has 0 aliphatic carbocycles. The molecule has 0 aliphatic heterocycles. The summed E-state index contributed by atoms with van der Waals surface area (Å²) in [6, 6.07) is 7.96. The van der Waals surface area contributed by atoms with Crippen LogP contribution in [0.5, 0.6) is 0 Å². The molecule has 102 valence electrons. The lowest BCUT2D eigenvalue weighted by atomic mass is 9.96. The molecule has 1 aromatic carbocycles. The Kier molecular flexibility index (Phi) is 5.00. The Hall–Kier alpha value is -1.95. The first-order valence-electron chi connectivity index (χ1n) is 6.36. The van der Waals surface area contributed by atoms with Crippen LogP contribution in [0.1, 0.15) is 26.3 Å². The number of amides is 1. The number of nitrogens with zero attached hydrogens (tertiary/aromatic N) is 1. The van der Waals surface area contributed by atoms with Crippen molar-refractivity contribution in [3.8, 4) is 11.8 Å². The second kappa shape index (κ2) is 6.29. The van der Waals surface area contributed by atoms with Crippen LogP contribution in [-0.2, 0) is 4.79 Å². The van der Waals surface area contributed by atoms with Gasteiger partial charge in [0.2, 0.25) is 5.91 Å². The van der Waals surface area contributed by atoms with Gasteiger partial charge in [-0.05, 0) is 12.1 Å². The molecular weight excluding hydrogens is 236 g/mol. The molecular formula is C16H22N2O. The smallest absolute Gasteiger partial charge is 0.226 e. The van der Waals surface area contributed by atoms with E-state index < -0.39 is 0 Å². The Bertz CT molecular complexity index is 501. The number of nitrogens with one attached hydrogen (secondary N) is 1. The molecule has 0 aliphatic rings. The second-order valence-electron chi connectivity index (χ2n) is 5.65. The molecule has 0 aromatic heterocycles. The van der Waals surface area contributed by atoms with E-state index in [4.69, 9.17) is 0 Å². The van der Waals surface area contributed by atoms with Crippen molar-refractivity contribution < 1.29 is 4.79 Å². The monoisotopic (exact) mass is 258 g/mol. The Morgan fingerprint density at radius 2 is 1.89 bits per heavy atom. The number of benzene rings is 1. The third-order valence-electron chi connectivity index (χ3n) is 2.63. The number of hydrogen-bond acceptors (Lipinski definition) is 2. The van der Waals surface area contributed by atoms with Gasteiger partial charge in [0, 0.05) is 25.1 Å². The van der Waals surface area contributed by atoms with Gasteiger partial charge >= 0.3 is 0 Å². The third-order valence-corrected chi connectivity index (χ3v) is 2.63. The molecule has 0 unspecified atom stereocenters. The summed E-state index contributed by atoms with van der Waals surface area (Å²) in [5.74, 6) is 6.10. The number of carbonyl (C=O) groups is 1. The van der Waals surface area contributed by atoms with Crippen molar-refractivity contribution in [2.45, 2.75) is 20.8 Å². The Balaban J connectivity index is 2.68. The molecule has 3 nitrogen and oxygen atoms in total. The van der Waals surface area contributed by atoms with Crippen molar-refractivity contribution in [1.82, 2.24) is 5.32 Å². The van der Waals surface area contributed by atoms with E-state index >= 15 is 0 Å². The molecule has 0 atom stereocenters. The summed E-state index contributed by atoms with van der Waals surface area (Å²) in [6.07, 6.45) is 0. The lowest BCUT2D eigenvalue weighted by molar-refractivity contribution is -0.128. The number of carbonyl (C=O) groups excluding carboxylic acids is 1. The van der Waals surface area contributed by atoms with Gasteiger partial charge in [-0.15, -0.1) is 0 Å². The van der Waals surface area contributed by atoms with Crippen LogP contribution in [0.3, 0.4) is 0 Å². The van der Waals surface area contributed by atoms with E-state index in [0.717, 1.165) is 11.3 Å². The van der Waals surface area contributed by atoms with Crippen molar-refractivity contribution in [2.75, 3.05) is 25.5 Å². The summed E-state index contributed by atoms with van der Waals surface area (Å²) in [6.45, 7) is 6.03. The molecule has 1 aromatic rings. The molecule has 3 heteroatoms. The summed E-state index contributed by atoms with van der Waals surface area (Å²) in [5, 5.41) is 2.82. The van der Waals surface area contributed by atoms with Crippen LogP contribution in [0.25, 0.3) is 0 Å². The summed E-state index contributed by atoms with van der Waals surface area (Å²) in [7, 11) is 3.98. The Morgan fingerprint density at radius 3 is 2.47 bits per heavy atom. The van der Waals surface area contributed by atoms with Gasteiger partial charge in [-0.2, -0.15) is 0 Å². The maximum atomic E-state index is 11.7. The van der Waals surface area contributed by atoms with Gasteiger partial charge in [-0.3, -0.25) is 4.79 Å². The molecule has 1 amide bonds. The summed E-state index contributed by atoms with van der Waals surface area (Å²) in [5.41, 5.74) is 1.68. The summed E-state index contributed by atoms with van der Waals surface area (Å²) < 4.78 is 0. The zero-order chi connectivity index (χ0) is 14.5. The molecule has 19 heavy (non-hydrogen) atoms. The van der Waals surface area contributed by atoms with Crippen molar-refractivity contribution in [3.63, 3.8) is 0 Å². The minimum absolute atomic E-state index is 0.0164. The van der Waals surface area contributed by atoms with E-state index in [-0.39, 0.29) is 11.3 Å². The normalized spacial score (nSPS) is 10.4. The average Bonchev–Trinajstić information content (AvgIpc) is 2.33. The highest BCUT2D eigenvalue weighted by Gasteiger charge is 2.19. The lowest BCUT2D eigenvalue weighted by Crippen LogP contribution is -2.34. The van der Waals surface area contributed by atoms with Crippen molar-refractivity contribution >= 4 is 11.6 Å². The summed E-state index contributed by atoms with van der Waals surface area (Å²) in [4.78, 5) is 13.7. The van der Waals surface area contributed by atoms with Crippen LogP contribution < -0.4 is 10.2 Å². The molecule has 0 heterocycles. The van der Waals surface area contributed by atoms with Crippen LogP contribution in [0.4, 0.5) is 5.69 Å². The second-order valence-corrected chi connectivity index (χ2v) is 5.65. The zero-order valence-electron chi connectivity index (χ0n) is 12.4. The van der Waals surface area contributed by atoms with Crippen LogP contribution >= 0.6 is 0 Å². The van der Waals surface area contributed by atoms with Gasteiger partial charge in [0.25, 0.3) is 0 Å². The van der Waals surface area contributed by atoms with Crippen molar-refractivity contribution in [3.05, 3.63) is 29.8 Å². The first kappa shape index (κ1) is 15.1. The highest BCUT2D eigenvalue weighted by molar-refractivity contribution is 5.81. The zero-order valence-corrected chi connectivity index (χ0v) is 12.4. The van der Waals surface area contributed by atoms with Crippen molar-refractivity contribution in [1.29, 1.82) is 0 Å². The van der Waals surface area contributed by atoms with E-state index in [1.54, 1.807) is 0 Å². The Morgan fingerprint density at radius 1 is 1.26 bits per heavy atom. The fraction of sp³-hybridized carbons (Fsp3) is 0.438. The van der Waals surface area contributed by atoms with Crippen LogP contribution in [0, 0.1) is 17.3 Å².